The number of nitrogens with zero attached hydrogens (tertiary/aromatic N) is 2. The minimum Gasteiger partial charge on any atom is -0.321 e. The summed E-state index contributed by atoms with van der Waals surface area (Å²) in [6.45, 7) is 7.09. The Morgan fingerprint density at radius 1 is 1.46 bits per heavy atom. The largest absolute Gasteiger partial charge is 0.418 e. The van der Waals surface area contributed by atoms with Gasteiger partial charge in [-0.25, -0.2) is 4.98 Å². The second-order valence-electron chi connectivity index (χ2n) is 6.09. The van der Waals surface area contributed by atoms with E-state index in [2.05, 4.69) is 15.3 Å². The number of pyridine rings is 1. The van der Waals surface area contributed by atoms with Crippen LogP contribution in [-0.2, 0) is 11.0 Å². The lowest BCUT2D eigenvalue weighted by atomic mass is 10.0. The van der Waals surface area contributed by atoms with Gasteiger partial charge in [0.1, 0.15) is 5.82 Å². The van der Waals surface area contributed by atoms with Crippen LogP contribution in [0.2, 0.25) is 5.02 Å². The number of nitrogens with two attached hydrogens (primary N) is 1. The quantitative estimate of drug-likeness (QED) is 0.784. The van der Waals surface area contributed by atoms with Gasteiger partial charge in [0.25, 0.3) is 0 Å². The first-order valence-electron chi connectivity index (χ1n) is 7.16. The van der Waals surface area contributed by atoms with Crippen molar-refractivity contribution in [3.05, 3.63) is 22.8 Å². The van der Waals surface area contributed by atoms with Crippen LogP contribution in [0.4, 0.5) is 19.0 Å². The van der Waals surface area contributed by atoms with E-state index in [0.29, 0.717) is 11.8 Å². The van der Waals surface area contributed by atoms with E-state index in [9.17, 15) is 18.0 Å². The molecule has 0 aliphatic heterocycles. The average molecular weight is 365 g/mol. The fraction of sp³-hybridized carbons (Fsp3) is 0.533. The lowest BCUT2D eigenvalue weighted by molar-refractivity contribution is -0.137. The first kappa shape index (κ1) is 20.4. The molecule has 1 unspecified atom stereocenters. The summed E-state index contributed by atoms with van der Waals surface area (Å²) in [6.07, 6.45) is -3.77. The smallest absolute Gasteiger partial charge is 0.321 e. The molecule has 9 heteroatoms. The third-order valence-electron chi connectivity index (χ3n) is 3.39. The summed E-state index contributed by atoms with van der Waals surface area (Å²) in [7, 11) is 0. The Hall–Kier alpha value is -1.67. The van der Waals surface area contributed by atoms with Crippen LogP contribution in [-0.4, -0.2) is 28.7 Å². The number of nitrogens with one attached hydrogen (secondary N) is 1. The molecular formula is C15H20ClF3N4O. The Bertz CT molecular complexity index is 639. The fourth-order valence-electron chi connectivity index (χ4n) is 1.53. The Labute approximate surface area is 143 Å². The van der Waals surface area contributed by atoms with Crippen LogP contribution in [0, 0.1) is 5.92 Å². The summed E-state index contributed by atoms with van der Waals surface area (Å²) < 4.78 is 38.4. The van der Waals surface area contributed by atoms with Gasteiger partial charge in [-0.2, -0.15) is 13.2 Å². The Kier molecular flexibility index (Phi) is 6.35. The maximum Gasteiger partial charge on any atom is 0.418 e. The van der Waals surface area contributed by atoms with E-state index in [1.165, 1.54) is 0 Å². The zero-order valence-electron chi connectivity index (χ0n) is 13.8. The molecule has 0 radical (unpaired) electrons. The van der Waals surface area contributed by atoms with Crippen LogP contribution >= 0.6 is 11.6 Å². The number of amides is 1. The van der Waals surface area contributed by atoms with Crippen LogP contribution in [0.5, 0.6) is 0 Å². The van der Waals surface area contributed by atoms with Crippen molar-refractivity contribution >= 4 is 29.0 Å². The monoisotopic (exact) mass is 364 g/mol. The molecular weight excluding hydrogens is 345 g/mol. The van der Waals surface area contributed by atoms with Crippen molar-refractivity contribution in [3.8, 4) is 0 Å². The van der Waals surface area contributed by atoms with Gasteiger partial charge in [-0.1, -0.05) is 18.5 Å². The second kappa shape index (κ2) is 7.48. The molecule has 1 heterocycles. The highest BCUT2D eigenvalue weighted by atomic mass is 35.5. The second-order valence-corrected chi connectivity index (χ2v) is 6.49. The highest BCUT2D eigenvalue weighted by molar-refractivity contribution is 6.31. The van der Waals surface area contributed by atoms with Crippen molar-refractivity contribution in [1.82, 2.24) is 4.98 Å². The van der Waals surface area contributed by atoms with Crippen molar-refractivity contribution in [1.29, 1.82) is 0 Å². The molecule has 0 fully saturated rings. The highest BCUT2D eigenvalue weighted by Gasteiger charge is 2.34. The third kappa shape index (κ3) is 5.76. The number of rotatable bonds is 5. The maximum absolute atomic E-state index is 12.8. The molecule has 1 aromatic rings. The van der Waals surface area contributed by atoms with Crippen molar-refractivity contribution in [2.75, 3.05) is 11.9 Å². The van der Waals surface area contributed by atoms with Crippen molar-refractivity contribution < 1.29 is 18.0 Å². The molecule has 0 saturated heterocycles. The summed E-state index contributed by atoms with van der Waals surface area (Å²) in [5.41, 5.74) is 4.89. The molecule has 1 aromatic heterocycles. The molecule has 0 aliphatic carbocycles. The lowest BCUT2D eigenvalue weighted by Crippen LogP contribution is -2.40. The van der Waals surface area contributed by atoms with Crippen molar-refractivity contribution in [2.45, 2.75) is 39.4 Å². The van der Waals surface area contributed by atoms with E-state index in [0.717, 1.165) is 6.20 Å². The number of anilines is 1. The third-order valence-corrected chi connectivity index (χ3v) is 3.70. The topological polar surface area (TPSA) is 80.4 Å². The van der Waals surface area contributed by atoms with E-state index in [4.69, 9.17) is 17.3 Å². The number of aliphatic imine (C=N–C) groups is 1. The molecule has 0 aromatic carbocycles. The molecule has 0 saturated carbocycles. The standard InChI is InChI=1S/C15H20ClF3N4O/c1-8(6-21-9(2)14(3,4)20)13(24)23-12-5-10(15(17,18)19)11(16)7-22-12/h5,7-8H,6,20H2,1-4H3,(H,22,23,24). The minimum atomic E-state index is -4.63. The van der Waals surface area contributed by atoms with Gasteiger partial charge in [0.15, 0.2) is 0 Å². The van der Waals surface area contributed by atoms with Gasteiger partial charge in [0, 0.05) is 17.4 Å². The number of alkyl halides is 3. The maximum atomic E-state index is 12.8. The van der Waals surface area contributed by atoms with Gasteiger partial charge in [0.2, 0.25) is 5.91 Å². The minimum absolute atomic E-state index is 0.165. The SMILES string of the molecule is CC(=NCC(C)C(=O)Nc1cc(C(F)(F)F)c(Cl)cn1)C(C)(C)N. The van der Waals surface area contributed by atoms with Gasteiger partial charge in [-0.15, -0.1) is 0 Å². The zero-order chi connectivity index (χ0) is 18.7. The zero-order valence-corrected chi connectivity index (χ0v) is 14.6. The van der Waals surface area contributed by atoms with E-state index in [-0.39, 0.29) is 12.4 Å². The van der Waals surface area contributed by atoms with Crippen molar-refractivity contribution in [3.63, 3.8) is 0 Å². The predicted octanol–water partition coefficient (Wildman–Crippen LogP) is 3.53. The van der Waals surface area contributed by atoms with Gasteiger partial charge in [-0.3, -0.25) is 9.79 Å². The van der Waals surface area contributed by atoms with E-state index in [1.54, 1.807) is 27.7 Å². The Morgan fingerprint density at radius 3 is 2.54 bits per heavy atom. The summed E-state index contributed by atoms with van der Waals surface area (Å²) >= 11 is 5.48. The van der Waals surface area contributed by atoms with Crippen LogP contribution in [0.15, 0.2) is 17.3 Å². The Balaban J connectivity index is 2.81. The fourth-order valence-corrected chi connectivity index (χ4v) is 1.74. The molecule has 24 heavy (non-hydrogen) atoms. The average Bonchev–Trinajstić information content (AvgIpc) is 2.43. The van der Waals surface area contributed by atoms with Gasteiger partial charge in [0.05, 0.1) is 23.0 Å². The van der Waals surface area contributed by atoms with Gasteiger partial charge < -0.3 is 11.1 Å². The number of hydrogen-bond acceptors (Lipinski definition) is 4. The molecule has 1 amide bonds. The molecule has 0 spiro atoms. The summed E-state index contributed by atoms with van der Waals surface area (Å²) in [6, 6.07) is 0.699. The molecule has 1 atom stereocenters. The number of hydrogen-bond donors (Lipinski definition) is 2. The molecule has 0 bridgehead atoms. The predicted molar refractivity (Wildman–Crippen MR) is 88.3 cm³/mol. The highest BCUT2D eigenvalue weighted by Crippen LogP contribution is 2.35. The number of aromatic nitrogens is 1. The molecule has 3 N–H and O–H groups in total. The molecule has 5 nitrogen and oxygen atoms in total. The number of carbonyl (C=O) groups is 1. The number of carbonyl (C=O) groups excluding carboxylic acids is 1. The molecule has 134 valence electrons. The normalized spacial score (nSPS) is 14.5. The summed E-state index contributed by atoms with van der Waals surface area (Å²) in [5.74, 6) is -1.28. The lowest BCUT2D eigenvalue weighted by Gasteiger charge is -2.19. The van der Waals surface area contributed by atoms with Crippen molar-refractivity contribution in [2.24, 2.45) is 16.6 Å². The van der Waals surface area contributed by atoms with E-state index >= 15 is 0 Å². The summed E-state index contributed by atoms with van der Waals surface area (Å²) in [4.78, 5) is 20.0. The van der Waals surface area contributed by atoms with Crippen LogP contribution in [0.1, 0.15) is 33.3 Å². The van der Waals surface area contributed by atoms with Crippen LogP contribution in [0.3, 0.4) is 0 Å². The van der Waals surface area contributed by atoms with Gasteiger partial charge in [-0.05, 0) is 26.8 Å². The first-order chi connectivity index (χ1) is 10.8. The van der Waals surface area contributed by atoms with Gasteiger partial charge >= 0.3 is 6.18 Å². The molecule has 1 rings (SSSR count). The number of halogens is 4. The van der Waals surface area contributed by atoms with Crippen LogP contribution in [0.25, 0.3) is 0 Å². The van der Waals surface area contributed by atoms with Crippen LogP contribution < -0.4 is 11.1 Å². The summed E-state index contributed by atoms with van der Waals surface area (Å²) in [5, 5.41) is 1.81. The Morgan fingerprint density at radius 2 is 2.04 bits per heavy atom. The van der Waals surface area contributed by atoms with E-state index < -0.39 is 34.1 Å². The first-order valence-corrected chi connectivity index (χ1v) is 7.54. The molecule has 0 aliphatic rings. The van der Waals surface area contributed by atoms with E-state index in [1.807, 2.05) is 0 Å².